The van der Waals surface area contributed by atoms with Gasteiger partial charge in [-0.15, -0.1) is 0 Å². The first-order valence-electron chi connectivity index (χ1n) is 20.7. The molecule has 1 aromatic carbocycles. The van der Waals surface area contributed by atoms with Crippen molar-refractivity contribution in [3.05, 3.63) is 35.9 Å². The molecule has 276 valence electrons. The first-order chi connectivity index (χ1) is 23.9. The number of rotatable bonds is 11. The monoisotopic (exact) mass is 733 g/mol. The van der Waals surface area contributed by atoms with Crippen LogP contribution in [0.15, 0.2) is 30.3 Å². The zero-order valence-corrected chi connectivity index (χ0v) is 34.1. The maximum atomic E-state index is 5.07. The molecule has 2 unspecified atom stereocenters. The van der Waals surface area contributed by atoms with Crippen molar-refractivity contribution < 1.29 is 0 Å². The molecule has 0 saturated carbocycles. The van der Waals surface area contributed by atoms with Crippen LogP contribution in [0.5, 0.6) is 0 Å². The van der Waals surface area contributed by atoms with E-state index in [-0.39, 0.29) is 0 Å². The molecule has 0 amide bonds. The van der Waals surface area contributed by atoms with Gasteiger partial charge in [0.15, 0.2) is 0 Å². The summed E-state index contributed by atoms with van der Waals surface area (Å²) in [5.41, 5.74) is 1.51. The van der Waals surface area contributed by atoms with Crippen LogP contribution in [0.2, 0.25) is 0 Å². The fourth-order valence-corrected chi connectivity index (χ4v) is 34.3. The summed E-state index contributed by atoms with van der Waals surface area (Å²) in [6.45, 7) is 24.1. The molecule has 7 fully saturated rings. The molecule has 7 heterocycles. The molecule has 1 aromatic rings. The Kier molecular flexibility index (Phi) is 10.9. The van der Waals surface area contributed by atoms with Crippen molar-refractivity contribution in [2.24, 2.45) is 5.92 Å². The zero-order chi connectivity index (χ0) is 33.6. The quantitative estimate of drug-likeness (QED) is 0.220. The summed E-state index contributed by atoms with van der Waals surface area (Å²) in [5, 5.41) is 0. The second-order valence-corrected chi connectivity index (χ2v) is 28.1. The van der Waals surface area contributed by atoms with Gasteiger partial charge in [0.05, 0.1) is 0 Å². The molecule has 0 spiro atoms. The van der Waals surface area contributed by atoms with Gasteiger partial charge < -0.3 is 0 Å². The van der Waals surface area contributed by atoms with Crippen LogP contribution in [-0.2, 0) is 0 Å². The van der Waals surface area contributed by atoms with Crippen LogP contribution >= 0.6 is 22.9 Å². The van der Waals surface area contributed by atoms with Gasteiger partial charge in [0, 0.05) is 0 Å². The minimum absolute atomic E-state index is 0.631. The summed E-state index contributed by atoms with van der Waals surface area (Å²) in [4.78, 5) is 10.0. The Morgan fingerprint density at radius 2 is 1.20 bits per heavy atom. The maximum absolute atomic E-state index is 5.07. The molecule has 7 aliphatic rings. The van der Waals surface area contributed by atoms with Crippen LogP contribution in [0, 0.1) is 5.92 Å². The van der Waals surface area contributed by atoms with Crippen LogP contribution in [0.4, 0.5) is 0 Å². The van der Waals surface area contributed by atoms with E-state index in [9.17, 15) is 0 Å². The van der Waals surface area contributed by atoms with Crippen LogP contribution in [-0.4, -0.2) is 124 Å². The summed E-state index contributed by atoms with van der Waals surface area (Å²) >= 11 is 0. The Hall–Kier alpha value is 0.150. The van der Waals surface area contributed by atoms with Gasteiger partial charge in [-0.1, -0.05) is 0 Å². The standard InChI is InChI=1S/C37H70N9P3/c1-4-46-48(42-27-12-13-28-42,43-29-14-15-30-43)38-47(40-23-8-9-24-40,41-25-10-11-26-41)39-49(46,3,44-31-16-17-32-44)45-33-22-36(34-45)21-20-35(2)37-18-6-5-7-19-37/h5-7,18-19,35-36,38-39H,4,8-17,20-34H2,1-3H3/q+2. The van der Waals surface area contributed by atoms with E-state index in [4.69, 9.17) is 9.72 Å². The predicted molar refractivity (Wildman–Crippen MR) is 213 cm³/mol. The fourth-order valence-electron chi connectivity index (χ4n) is 11.1. The van der Waals surface area contributed by atoms with Crippen LogP contribution in [0.1, 0.15) is 109 Å². The summed E-state index contributed by atoms with van der Waals surface area (Å²) in [5.74, 6) is 1.41. The van der Waals surface area contributed by atoms with Gasteiger partial charge in [-0.25, -0.2) is 0 Å². The molecular weight excluding hydrogens is 663 g/mol. The van der Waals surface area contributed by atoms with E-state index in [0.29, 0.717) is 5.92 Å². The van der Waals surface area contributed by atoms with E-state index >= 15 is 0 Å². The second-order valence-electron chi connectivity index (χ2n) is 16.7. The van der Waals surface area contributed by atoms with Gasteiger partial charge in [0.1, 0.15) is 0 Å². The Morgan fingerprint density at radius 3 is 1.73 bits per heavy atom. The van der Waals surface area contributed by atoms with Gasteiger partial charge in [-0.3, -0.25) is 0 Å². The van der Waals surface area contributed by atoms with Crippen LogP contribution in [0.3, 0.4) is 0 Å². The van der Waals surface area contributed by atoms with E-state index in [0.717, 1.165) is 12.5 Å². The average molecular weight is 734 g/mol. The third-order valence-corrected chi connectivity index (χ3v) is 31.6. The van der Waals surface area contributed by atoms with Crippen molar-refractivity contribution in [2.75, 3.05) is 91.7 Å². The van der Waals surface area contributed by atoms with E-state index in [1.165, 1.54) is 168 Å². The third-order valence-electron chi connectivity index (χ3n) is 13.8. The molecule has 2 atom stereocenters. The molecule has 0 aromatic heterocycles. The number of nitrogens with zero attached hydrogens (tertiary/aromatic N) is 7. The van der Waals surface area contributed by atoms with Crippen molar-refractivity contribution >= 4 is 22.9 Å². The van der Waals surface area contributed by atoms with Gasteiger partial charge in [0.25, 0.3) is 0 Å². The molecular formula is C37H70N9P3+2. The third kappa shape index (κ3) is 6.05. The van der Waals surface area contributed by atoms with Gasteiger partial charge in [-0.2, -0.15) is 0 Å². The summed E-state index contributed by atoms with van der Waals surface area (Å²) in [7, 11) is -7.23. The summed E-state index contributed by atoms with van der Waals surface area (Å²) in [6, 6.07) is 11.3. The molecule has 7 saturated heterocycles. The van der Waals surface area contributed by atoms with Gasteiger partial charge in [0.2, 0.25) is 0 Å². The SMILES string of the molecule is CCN1[P+](N2CCCC2)(N2CCCC2)N[P+](N2CCCC2)(N2CCCC2)NP1(C)(N1CCCC1)N1CCC(CCC(C)c2ccccc2)C1. The average Bonchev–Trinajstić information content (AvgIpc) is 4.00. The van der Waals surface area contributed by atoms with Gasteiger partial charge >= 0.3 is 302 Å². The molecule has 9 nitrogen and oxygen atoms in total. The van der Waals surface area contributed by atoms with E-state index in [1.807, 2.05) is 0 Å². The van der Waals surface area contributed by atoms with E-state index in [2.05, 4.69) is 83.3 Å². The molecule has 7 aliphatic heterocycles. The summed E-state index contributed by atoms with van der Waals surface area (Å²) in [6.07, 6.45) is 17.5. The zero-order valence-electron chi connectivity index (χ0n) is 31.4. The van der Waals surface area contributed by atoms with E-state index in [1.54, 1.807) is 0 Å². The molecule has 2 N–H and O–H groups in total. The van der Waals surface area contributed by atoms with Crippen molar-refractivity contribution in [3.8, 4) is 0 Å². The van der Waals surface area contributed by atoms with Crippen molar-refractivity contribution in [1.82, 2.24) is 42.2 Å². The van der Waals surface area contributed by atoms with E-state index < -0.39 is 22.9 Å². The molecule has 8 rings (SSSR count). The van der Waals surface area contributed by atoms with Crippen molar-refractivity contribution in [3.63, 3.8) is 0 Å². The van der Waals surface area contributed by atoms with Crippen molar-refractivity contribution in [1.29, 1.82) is 0 Å². The number of hydrogen-bond donors (Lipinski definition) is 2. The predicted octanol–water partition coefficient (Wildman–Crippen LogP) is 8.08. The number of benzene rings is 1. The number of hydrogen-bond acceptors (Lipinski definition) is 9. The van der Waals surface area contributed by atoms with Crippen molar-refractivity contribution in [2.45, 2.75) is 103 Å². The summed E-state index contributed by atoms with van der Waals surface area (Å²) < 4.78 is 21.9. The molecule has 49 heavy (non-hydrogen) atoms. The normalized spacial score (nSPS) is 33.4. The van der Waals surface area contributed by atoms with Gasteiger partial charge in [-0.05, 0) is 0 Å². The second kappa shape index (κ2) is 14.8. The molecule has 12 heteroatoms. The molecule has 0 bridgehead atoms. The molecule has 0 radical (unpaired) electrons. The fraction of sp³-hybridized carbons (Fsp3) is 0.838. The Morgan fingerprint density at radius 1 is 0.694 bits per heavy atom. The van der Waals surface area contributed by atoms with Crippen LogP contribution in [0.25, 0.3) is 0 Å². The Labute approximate surface area is 301 Å². The first kappa shape index (κ1) is 36.1. The molecule has 0 aliphatic carbocycles. The number of nitrogens with one attached hydrogen (secondary N) is 2. The Balaban J connectivity index is 1.25. The first-order valence-corrected chi connectivity index (χ1v) is 26.6. The Bertz CT molecular complexity index is 1210. The topological polar surface area (TPSA) is 46.7 Å². The minimum atomic E-state index is -3.07. The van der Waals surface area contributed by atoms with Crippen LogP contribution < -0.4 is 9.72 Å².